The highest BCUT2D eigenvalue weighted by atomic mass is 28.3. The zero-order valence-electron chi connectivity index (χ0n) is 37.7. The molecule has 10 aromatic carbocycles. The van der Waals surface area contributed by atoms with Crippen LogP contribution in [0.4, 0.5) is 0 Å². The molecule has 0 bridgehead atoms. The van der Waals surface area contributed by atoms with E-state index in [1.54, 1.807) is 0 Å². The van der Waals surface area contributed by atoms with E-state index in [0.29, 0.717) is 0 Å². The zero-order valence-corrected chi connectivity index (χ0v) is 39.7. The molecule has 0 radical (unpaired) electrons. The van der Waals surface area contributed by atoms with Gasteiger partial charge in [0.2, 0.25) is 0 Å². The molecule has 0 saturated heterocycles. The lowest BCUT2D eigenvalue weighted by Gasteiger charge is -2.31. The molecule has 15 rings (SSSR count). The summed E-state index contributed by atoms with van der Waals surface area (Å²) in [7, 11) is -5.12. The number of hydrogen-bond donors (Lipinski definition) is 0. The molecule has 0 saturated carbocycles. The Morgan fingerprint density at radius 3 is 1.23 bits per heavy atom. The number of benzene rings is 10. The number of nitrogens with zero attached hydrogens (tertiary/aromatic N) is 2. The summed E-state index contributed by atoms with van der Waals surface area (Å²) < 4.78 is 0. The first kappa shape index (κ1) is 38.8. The van der Waals surface area contributed by atoms with Crippen molar-refractivity contribution >= 4 is 57.6 Å². The molecule has 69 heavy (non-hydrogen) atoms. The molecule has 4 heterocycles. The Balaban J connectivity index is 0.891. The van der Waals surface area contributed by atoms with E-state index < -0.39 is 16.1 Å². The van der Waals surface area contributed by atoms with E-state index in [1.165, 1.54) is 103 Å². The number of hydrogen-bond acceptors (Lipinski definition) is 2. The standard InChI is InChI=1S/C65H42N2Si2/c1-4-18-42(19-5-1)63-56-40-45-33-32-43(44-34-36-62-54(39-44)52-27-13-17-31-60(52)69(62)58-29-15-10-24-49(58)50-25-11-16-30-59(50)69)38-53(45)64(56)67-65(66-63)46-35-37-61-55(41-46)51-26-12-14-28-57(51)68(61,47-20-6-2-7-21-47)48-22-8-3-9-23-48/h1-39,41H,40H2. The average Bonchev–Trinajstić information content (AvgIpc) is 4.13. The second-order valence-electron chi connectivity index (χ2n) is 19.1. The Bertz CT molecular complexity index is 3850. The van der Waals surface area contributed by atoms with Crippen LogP contribution in [0.1, 0.15) is 11.1 Å². The van der Waals surface area contributed by atoms with Gasteiger partial charge >= 0.3 is 0 Å². The molecule has 2 nitrogen and oxygen atoms in total. The van der Waals surface area contributed by atoms with Gasteiger partial charge in [-0.15, -0.1) is 0 Å². The van der Waals surface area contributed by atoms with Gasteiger partial charge < -0.3 is 0 Å². The molecule has 0 unspecified atom stereocenters. The van der Waals surface area contributed by atoms with E-state index in [2.05, 4.69) is 243 Å². The topological polar surface area (TPSA) is 25.8 Å². The summed E-state index contributed by atoms with van der Waals surface area (Å²) in [5.74, 6) is 0.756. The van der Waals surface area contributed by atoms with Crippen molar-refractivity contribution in [3.8, 4) is 78.4 Å². The summed E-state index contributed by atoms with van der Waals surface area (Å²) in [6, 6.07) is 91.3. The second-order valence-corrected chi connectivity index (χ2v) is 26.5. The normalized spacial score (nSPS) is 14.3. The highest BCUT2D eigenvalue weighted by Gasteiger charge is 2.54. The fraction of sp³-hybridized carbons (Fsp3) is 0.0154. The predicted octanol–water partition coefficient (Wildman–Crippen LogP) is 9.74. The van der Waals surface area contributed by atoms with Crippen molar-refractivity contribution in [2.75, 3.05) is 0 Å². The first-order valence-electron chi connectivity index (χ1n) is 24.1. The molecule has 1 aliphatic carbocycles. The van der Waals surface area contributed by atoms with Crippen LogP contribution in [0.2, 0.25) is 0 Å². The molecule has 320 valence electrons. The molecule has 3 aliphatic heterocycles. The van der Waals surface area contributed by atoms with Gasteiger partial charge in [0.05, 0.1) is 11.4 Å². The van der Waals surface area contributed by atoms with Crippen LogP contribution in [0.25, 0.3) is 78.4 Å². The minimum atomic E-state index is -2.62. The maximum atomic E-state index is 5.60. The largest absolute Gasteiger partial charge is 0.228 e. The predicted molar refractivity (Wildman–Crippen MR) is 291 cm³/mol. The van der Waals surface area contributed by atoms with E-state index in [1.807, 2.05) is 0 Å². The number of aromatic nitrogens is 2. The van der Waals surface area contributed by atoms with E-state index in [4.69, 9.17) is 9.97 Å². The second kappa shape index (κ2) is 14.6. The maximum absolute atomic E-state index is 5.60. The number of rotatable bonds is 5. The van der Waals surface area contributed by atoms with Crippen molar-refractivity contribution in [3.63, 3.8) is 0 Å². The Morgan fingerprint density at radius 1 is 0.275 bits per heavy atom. The van der Waals surface area contributed by atoms with Crippen molar-refractivity contribution in [3.05, 3.63) is 254 Å². The molecule has 0 fully saturated rings. The minimum absolute atomic E-state index is 0.756. The van der Waals surface area contributed by atoms with Gasteiger partial charge in [-0.25, -0.2) is 9.97 Å². The Labute approximate surface area is 404 Å². The summed E-state index contributed by atoms with van der Waals surface area (Å²) in [5, 5.41) is 11.6. The molecule has 1 spiro atoms. The van der Waals surface area contributed by atoms with E-state index >= 15 is 0 Å². The van der Waals surface area contributed by atoms with Crippen LogP contribution in [0.15, 0.2) is 243 Å². The smallest absolute Gasteiger partial charge is 0.182 e. The van der Waals surface area contributed by atoms with Crippen molar-refractivity contribution in [1.82, 2.24) is 9.97 Å². The summed E-state index contributed by atoms with van der Waals surface area (Å²) in [5.41, 5.74) is 18.4. The molecular weight excluding hydrogens is 865 g/mol. The third kappa shape index (κ3) is 5.25. The van der Waals surface area contributed by atoms with E-state index in [-0.39, 0.29) is 0 Å². The third-order valence-electron chi connectivity index (χ3n) is 15.8. The molecule has 0 atom stereocenters. The molecule has 0 N–H and O–H groups in total. The molecule has 1 aromatic heterocycles. The van der Waals surface area contributed by atoms with Crippen LogP contribution in [-0.4, -0.2) is 26.1 Å². The molecule has 11 aromatic rings. The average molecular weight is 907 g/mol. The van der Waals surface area contributed by atoms with Gasteiger partial charge in [-0.05, 0) is 110 Å². The summed E-state index contributed by atoms with van der Waals surface area (Å²) in [4.78, 5) is 11.1. The van der Waals surface area contributed by atoms with Crippen molar-refractivity contribution in [2.45, 2.75) is 6.42 Å². The Kier molecular flexibility index (Phi) is 8.21. The van der Waals surface area contributed by atoms with Crippen molar-refractivity contribution in [2.24, 2.45) is 0 Å². The quantitative estimate of drug-likeness (QED) is 0.161. The first-order chi connectivity index (χ1) is 34.2. The minimum Gasteiger partial charge on any atom is -0.228 e. The fourth-order valence-electron chi connectivity index (χ4n) is 13.0. The highest BCUT2D eigenvalue weighted by molar-refractivity contribution is 7.24. The molecule has 0 amide bonds. The van der Waals surface area contributed by atoms with Gasteiger partial charge in [0, 0.05) is 28.7 Å². The number of fused-ring (bicyclic) bond motifs is 16. The Hall–Kier alpha value is -8.29. The maximum Gasteiger partial charge on any atom is 0.182 e. The van der Waals surface area contributed by atoms with Gasteiger partial charge in [-0.3, -0.25) is 0 Å². The van der Waals surface area contributed by atoms with Crippen LogP contribution >= 0.6 is 0 Å². The Morgan fingerprint density at radius 2 is 0.667 bits per heavy atom. The highest BCUT2D eigenvalue weighted by Crippen LogP contribution is 2.44. The van der Waals surface area contributed by atoms with Crippen molar-refractivity contribution < 1.29 is 0 Å². The fourth-order valence-corrected chi connectivity index (χ4v) is 23.8. The lowest BCUT2D eigenvalue weighted by atomic mass is 9.96. The summed E-state index contributed by atoms with van der Waals surface area (Å²) in [6.07, 6.45) is 0.791. The van der Waals surface area contributed by atoms with Crippen molar-refractivity contribution in [1.29, 1.82) is 0 Å². The van der Waals surface area contributed by atoms with Gasteiger partial charge in [0.25, 0.3) is 0 Å². The first-order valence-corrected chi connectivity index (χ1v) is 28.1. The summed E-state index contributed by atoms with van der Waals surface area (Å²) in [6.45, 7) is 0. The van der Waals surface area contributed by atoms with E-state index in [9.17, 15) is 0 Å². The summed E-state index contributed by atoms with van der Waals surface area (Å²) >= 11 is 0. The zero-order chi connectivity index (χ0) is 45.3. The SMILES string of the molecule is c1ccc(-c2nc(-c3ccc4c(c3)-c3ccccc3[Si]4(c3ccccc3)c3ccccc3)nc3c2Cc2ccc(-c4ccc5c(c4)-c4ccccc4[Si]54c5ccccc5-c5ccccc54)cc2-3)cc1. The van der Waals surface area contributed by atoms with Gasteiger partial charge in [-0.1, -0.05) is 224 Å². The lowest BCUT2D eigenvalue weighted by molar-refractivity contribution is 1.13. The third-order valence-corrected chi connectivity index (χ3v) is 25.7. The van der Waals surface area contributed by atoms with Gasteiger partial charge in [0.1, 0.15) is 0 Å². The van der Waals surface area contributed by atoms with Crippen LogP contribution in [0, 0.1) is 0 Å². The molecule has 4 heteroatoms. The van der Waals surface area contributed by atoms with Gasteiger partial charge in [0.15, 0.2) is 22.0 Å². The molecule has 4 aliphatic rings. The molecular formula is C65H42N2Si2. The van der Waals surface area contributed by atoms with Crippen LogP contribution < -0.4 is 41.5 Å². The monoisotopic (exact) mass is 906 g/mol. The van der Waals surface area contributed by atoms with Gasteiger partial charge in [-0.2, -0.15) is 0 Å². The van der Waals surface area contributed by atoms with E-state index in [0.717, 1.165) is 34.8 Å². The van der Waals surface area contributed by atoms with Crippen LogP contribution in [0.3, 0.4) is 0 Å². The van der Waals surface area contributed by atoms with Crippen LogP contribution in [-0.2, 0) is 6.42 Å². The lowest BCUT2D eigenvalue weighted by Crippen LogP contribution is -2.72. The van der Waals surface area contributed by atoms with Crippen LogP contribution in [0.5, 0.6) is 0 Å².